The summed E-state index contributed by atoms with van der Waals surface area (Å²) in [7, 11) is 1.34. The fourth-order valence-electron chi connectivity index (χ4n) is 4.57. The predicted octanol–water partition coefficient (Wildman–Crippen LogP) is 5.80. The summed E-state index contributed by atoms with van der Waals surface area (Å²) in [5.41, 5.74) is 2.99. The van der Waals surface area contributed by atoms with Gasteiger partial charge in [-0.2, -0.15) is 0 Å². The van der Waals surface area contributed by atoms with E-state index in [-0.39, 0.29) is 34.9 Å². The van der Waals surface area contributed by atoms with Crippen LogP contribution in [0.3, 0.4) is 0 Å². The van der Waals surface area contributed by atoms with Crippen LogP contribution in [0.1, 0.15) is 16.7 Å². The minimum Gasteiger partial charge on any atom is -0.508 e. The van der Waals surface area contributed by atoms with E-state index in [1.807, 2.05) is 30.3 Å². The third-order valence-corrected chi connectivity index (χ3v) is 7.88. The Balaban J connectivity index is 1.21. The first-order valence-corrected chi connectivity index (χ1v) is 14.7. The molecule has 0 aromatic heterocycles. The molecule has 11 nitrogen and oxygen atoms in total. The lowest BCUT2D eigenvalue weighted by atomic mass is 10.0. The highest BCUT2D eigenvalue weighted by Crippen LogP contribution is 2.34. The van der Waals surface area contributed by atoms with Crippen LogP contribution in [0.2, 0.25) is 0 Å². The standard InChI is InChI=1S/C33H29N3O8S/c1-36(33(41)42)27-17-24(44-25-12-9-22(28(37)18-25)15-20-5-3-2-4-6-20)13-14-26(27)34-30(38)19-43-23-10-7-21(8-11-23)16-29-31(39)35-32(40)45-29/h2-14,17-18,29,37H,15-16,19H2,1H3,(H,34,38)(H,41,42)(H,35,39,40). The Labute approximate surface area is 262 Å². The molecule has 1 heterocycles. The number of rotatable bonds is 11. The van der Waals surface area contributed by atoms with Gasteiger partial charge in [0, 0.05) is 25.6 Å². The number of nitrogens with one attached hydrogen (secondary N) is 2. The van der Waals surface area contributed by atoms with E-state index in [9.17, 15) is 29.4 Å². The predicted molar refractivity (Wildman–Crippen MR) is 169 cm³/mol. The van der Waals surface area contributed by atoms with E-state index in [0.29, 0.717) is 30.1 Å². The van der Waals surface area contributed by atoms with Crippen LogP contribution in [-0.2, 0) is 22.4 Å². The summed E-state index contributed by atoms with van der Waals surface area (Å²) in [4.78, 5) is 48.6. The van der Waals surface area contributed by atoms with Crippen molar-refractivity contribution < 1.29 is 38.9 Å². The van der Waals surface area contributed by atoms with Gasteiger partial charge >= 0.3 is 6.09 Å². The van der Waals surface area contributed by atoms with E-state index in [1.165, 1.54) is 25.2 Å². The summed E-state index contributed by atoms with van der Waals surface area (Å²) >= 11 is 0.953. The molecule has 45 heavy (non-hydrogen) atoms. The molecule has 5 rings (SSSR count). The Morgan fingerprint density at radius 3 is 2.27 bits per heavy atom. The second-order valence-corrected chi connectivity index (χ2v) is 11.3. The Bertz CT molecular complexity index is 1730. The molecule has 1 unspecified atom stereocenters. The van der Waals surface area contributed by atoms with Crippen molar-refractivity contribution in [3.63, 3.8) is 0 Å². The van der Waals surface area contributed by atoms with Gasteiger partial charge in [-0.3, -0.25) is 24.6 Å². The van der Waals surface area contributed by atoms with Gasteiger partial charge in [-0.1, -0.05) is 60.3 Å². The zero-order chi connectivity index (χ0) is 31.9. The smallest absolute Gasteiger partial charge is 0.411 e. The topological polar surface area (TPSA) is 155 Å². The molecule has 0 bridgehead atoms. The van der Waals surface area contributed by atoms with Crippen LogP contribution < -0.4 is 25.0 Å². The van der Waals surface area contributed by atoms with Crippen molar-refractivity contribution in [3.8, 4) is 23.0 Å². The van der Waals surface area contributed by atoms with Crippen molar-refractivity contribution in [2.75, 3.05) is 23.9 Å². The number of benzene rings is 4. The van der Waals surface area contributed by atoms with E-state index < -0.39 is 17.3 Å². The van der Waals surface area contributed by atoms with Crippen LogP contribution >= 0.6 is 11.8 Å². The van der Waals surface area contributed by atoms with Gasteiger partial charge in [0.25, 0.3) is 11.1 Å². The van der Waals surface area contributed by atoms with Crippen molar-refractivity contribution in [2.24, 2.45) is 0 Å². The maximum Gasteiger partial charge on any atom is 0.411 e. The molecule has 1 atom stereocenters. The number of carboxylic acid groups (broad SMARTS) is 1. The van der Waals surface area contributed by atoms with Gasteiger partial charge in [-0.15, -0.1) is 0 Å². The maximum absolute atomic E-state index is 12.7. The van der Waals surface area contributed by atoms with Crippen LogP contribution in [0.5, 0.6) is 23.0 Å². The van der Waals surface area contributed by atoms with E-state index in [4.69, 9.17) is 9.47 Å². The quantitative estimate of drug-likeness (QED) is 0.161. The number of imide groups is 1. The van der Waals surface area contributed by atoms with Crippen molar-refractivity contribution in [1.82, 2.24) is 5.32 Å². The van der Waals surface area contributed by atoms with E-state index >= 15 is 0 Å². The zero-order valence-electron chi connectivity index (χ0n) is 24.1. The zero-order valence-corrected chi connectivity index (χ0v) is 24.9. The van der Waals surface area contributed by atoms with Gasteiger partial charge in [0.2, 0.25) is 5.91 Å². The van der Waals surface area contributed by atoms with Crippen LogP contribution in [-0.4, -0.2) is 52.3 Å². The second kappa shape index (κ2) is 13.9. The molecule has 1 aliphatic heterocycles. The molecule has 12 heteroatoms. The molecule has 0 radical (unpaired) electrons. The molecule has 4 N–H and O–H groups in total. The van der Waals surface area contributed by atoms with Crippen LogP contribution in [0.15, 0.2) is 91.0 Å². The first-order chi connectivity index (χ1) is 21.6. The average Bonchev–Trinajstić information content (AvgIpc) is 3.34. The van der Waals surface area contributed by atoms with Gasteiger partial charge in [0.05, 0.1) is 16.6 Å². The number of carbonyl (C=O) groups is 4. The molecule has 0 saturated carbocycles. The number of hydrogen-bond donors (Lipinski definition) is 4. The SMILES string of the molecule is CN(C(=O)O)c1cc(Oc2ccc(Cc3ccccc3)c(O)c2)ccc1NC(=O)COc1ccc(CC2SC(=O)NC2=O)cc1. The lowest BCUT2D eigenvalue weighted by Gasteiger charge is -2.19. The largest absolute Gasteiger partial charge is 0.508 e. The summed E-state index contributed by atoms with van der Waals surface area (Å²) < 4.78 is 11.5. The number of ether oxygens (including phenoxy) is 2. The molecule has 1 aliphatic rings. The highest BCUT2D eigenvalue weighted by atomic mass is 32.2. The molecule has 4 aromatic rings. The molecule has 0 aliphatic carbocycles. The fraction of sp³-hybridized carbons (Fsp3) is 0.152. The normalized spacial score (nSPS) is 14.0. The number of carbonyl (C=O) groups excluding carboxylic acids is 3. The average molecular weight is 628 g/mol. The molecule has 0 spiro atoms. The molecule has 1 fully saturated rings. The third kappa shape index (κ3) is 8.12. The molecule has 4 aromatic carbocycles. The monoisotopic (exact) mass is 627 g/mol. The van der Waals surface area contributed by atoms with Crippen molar-refractivity contribution >= 4 is 46.3 Å². The highest BCUT2D eigenvalue weighted by Gasteiger charge is 2.31. The number of thioether (sulfide) groups is 1. The van der Waals surface area contributed by atoms with E-state index in [1.54, 1.807) is 42.5 Å². The number of phenolic OH excluding ortho intramolecular Hbond substituents is 1. The van der Waals surface area contributed by atoms with Gasteiger partial charge in [0.15, 0.2) is 6.61 Å². The van der Waals surface area contributed by atoms with Crippen molar-refractivity contribution in [3.05, 3.63) is 108 Å². The molecule has 4 amide bonds. The minimum atomic E-state index is -1.25. The van der Waals surface area contributed by atoms with Crippen LogP contribution in [0, 0.1) is 0 Å². The summed E-state index contributed by atoms with van der Waals surface area (Å²) in [5.74, 6) is 0.280. The van der Waals surface area contributed by atoms with E-state index in [0.717, 1.165) is 33.4 Å². The number of hydrogen-bond acceptors (Lipinski definition) is 8. The number of phenols is 1. The van der Waals surface area contributed by atoms with E-state index in [2.05, 4.69) is 10.6 Å². The lowest BCUT2D eigenvalue weighted by molar-refractivity contribution is -0.119. The molecular formula is C33H29N3O8S. The maximum atomic E-state index is 12.7. The minimum absolute atomic E-state index is 0.0643. The first kappa shape index (κ1) is 31.0. The number of nitrogens with zero attached hydrogens (tertiary/aromatic N) is 1. The molecule has 1 saturated heterocycles. The van der Waals surface area contributed by atoms with Crippen LogP contribution in [0.25, 0.3) is 0 Å². The fourth-order valence-corrected chi connectivity index (χ4v) is 5.43. The van der Waals surface area contributed by atoms with Crippen molar-refractivity contribution in [2.45, 2.75) is 18.1 Å². The van der Waals surface area contributed by atoms with Gasteiger partial charge in [-0.25, -0.2) is 4.79 Å². The second-order valence-electron chi connectivity index (χ2n) is 10.1. The Kier molecular flexibility index (Phi) is 9.54. The highest BCUT2D eigenvalue weighted by molar-refractivity contribution is 8.15. The number of anilines is 2. The lowest BCUT2D eigenvalue weighted by Crippen LogP contribution is -2.27. The first-order valence-electron chi connectivity index (χ1n) is 13.8. The Morgan fingerprint density at radius 2 is 1.60 bits per heavy atom. The third-order valence-electron chi connectivity index (χ3n) is 6.90. The van der Waals surface area contributed by atoms with Gasteiger partial charge < -0.3 is 25.0 Å². The van der Waals surface area contributed by atoms with Crippen LogP contribution in [0.4, 0.5) is 21.0 Å². The van der Waals surface area contributed by atoms with Gasteiger partial charge in [-0.05, 0) is 53.4 Å². The summed E-state index contributed by atoms with van der Waals surface area (Å²) in [6.07, 6.45) is -0.323. The van der Waals surface area contributed by atoms with Crippen molar-refractivity contribution in [1.29, 1.82) is 0 Å². The number of aromatic hydroxyl groups is 1. The summed E-state index contributed by atoms with van der Waals surface area (Å²) in [6, 6.07) is 26.1. The Morgan fingerprint density at radius 1 is 0.911 bits per heavy atom. The van der Waals surface area contributed by atoms with Gasteiger partial charge in [0.1, 0.15) is 23.0 Å². The molecular weight excluding hydrogens is 598 g/mol. The summed E-state index contributed by atoms with van der Waals surface area (Å²) in [6.45, 7) is -0.349. The Hall–Kier alpha value is -5.49. The number of amides is 4. The molecule has 230 valence electrons. The summed E-state index contributed by atoms with van der Waals surface area (Å²) in [5, 5.41) is 24.3.